The third kappa shape index (κ3) is 6.05. The van der Waals surface area contributed by atoms with Crippen molar-refractivity contribution in [3.8, 4) is 5.75 Å². The lowest BCUT2D eigenvalue weighted by Gasteiger charge is -2.09. The van der Waals surface area contributed by atoms with E-state index in [-0.39, 0.29) is 12.5 Å². The molecule has 122 valence electrons. The molecule has 0 saturated heterocycles. The summed E-state index contributed by atoms with van der Waals surface area (Å²) in [6.07, 6.45) is 1.63. The minimum absolute atomic E-state index is 0.0621. The number of hydrogen-bond donors (Lipinski definition) is 1. The van der Waals surface area contributed by atoms with Crippen LogP contribution in [0, 0.1) is 0 Å². The standard InChI is InChI=1S/C17H16BrCl2NO2/c18-13-7-8-16(15(20)10-13)23-11-17(22)21-9-3-5-12-4-1-2-6-14(12)19/h1-2,4,6-8,10H,3,5,9,11H2,(H,21,22). The second-order valence-electron chi connectivity index (χ2n) is 4.91. The molecule has 0 saturated carbocycles. The average molecular weight is 417 g/mol. The lowest BCUT2D eigenvalue weighted by molar-refractivity contribution is -0.123. The largest absolute Gasteiger partial charge is 0.482 e. The topological polar surface area (TPSA) is 38.3 Å². The van der Waals surface area contributed by atoms with Gasteiger partial charge in [0.05, 0.1) is 5.02 Å². The van der Waals surface area contributed by atoms with E-state index < -0.39 is 0 Å². The Morgan fingerprint density at radius 3 is 2.65 bits per heavy atom. The Bertz CT molecular complexity index is 679. The van der Waals surface area contributed by atoms with Crippen molar-refractivity contribution < 1.29 is 9.53 Å². The number of rotatable bonds is 7. The molecule has 0 fully saturated rings. The van der Waals surface area contributed by atoms with E-state index in [1.807, 2.05) is 30.3 Å². The van der Waals surface area contributed by atoms with E-state index in [9.17, 15) is 4.79 Å². The van der Waals surface area contributed by atoms with Crippen LogP contribution in [0.3, 0.4) is 0 Å². The Kier molecular flexibility index (Phi) is 7.21. The van der Waals surface area contributed by atoms with Crippen LogP contribution >= 0.6 is 39.1 Å². The highest BCUT2D eigenvalue weighted by Crippen LogP contribution is 2.27. The van der Waals surface area contributed by atoms with Crippen LogP contribution in [0.25, 0.3) is 0 Å². The average Bonchev–Trinajstić information content (AvgIpc) is 2.52. The molecule has 0 aromatic heterocycles. The predicted molar refractivity (Wildman–Crippen MR) is 97.4 cm³/mol. The zero-order chi connectivity index (χ0) is 16.7. The van der Waals surface area contributed by atoms with Gasteiger partial charge in [-0.25, -0.2) is 0 Å². The molecular weight excluding hydrogens is 401 g/mol. The van der Waals surface area contributed by atoms with Crippen LogP contribution in [-0.2, 0) is 11.2 Å². The van der Waals surface area contributed by atoms with E-state index in [0.717, 1.165) is 27.9 Å². The molecule has 1 amide bonds. The molecule has 2 aromatic rings. The maximum Gasteiger partial charge on any atom is 0.257 e. The van der Waals surface area contributed by atoms with E-state index in [0.29, 0.717) is 17.3 Å². The smallest absolute Gasteiger partial charge is 0.257 e. The zero-order valence-electron chi connectivity index (χ0n) is 12.3. The normalized spacial score (nSPS) is 10.4. The quantitative estimate of drug-likeness (QED) is 0.653. The summed E-state index contributed by atoms with van der Waals surface area (Å²) in [5.74, 6) is 0.309. The molecule has 2 rings (SSSR count). The minimum atomic E-state index is -0.178. The van der Waals surface area contributed by atoms with E-state index in [1.54, 1.807) is 12.1 Å². The van der Waals surface area contributed by atoms with Crippen LogP contribution in [0.4, 0.5) is 0 Å². The van der Waals surface area contributed by atoms with Crippen molar-refractivity contribution in [1.82, 2.24) is 5.32 Å². The minimum Gasteiger partial charge on any atom is -0.482 e. The molecule has 2 aromatic carbocycles. The van der Waals surface area contributed by atoms with Gasteiger partial charge in [0.1, 0.15) is 5.75 Å². The van der Waals surface area contributed by atoms with E-state index >= 15 is 0 Å². The van der Waals surface area contributed by atoms with Gasteiger partial charge in [-0.1, -0.05) is 57.3 Å². The molecule has 6 heteroatoms. The third-order valence-corrected chi connectivity index (χ3v) is 4.31. The van der Waals surface area contributed by atoms with E-state index in [2.05, 4.69) is 21.2 Å². The van der Waals surface area contributed by atoms with Gasteiger partial charge in [0.25, 0.3) is 5.91 Å². The fourth-order valence-corrected chi connectivity index (χ4v) is 2.95. The van der Waals surface area contributed by atoms with Crippen LogP contribution in [0.1, 0.15) is 12.0 Å². The van der Waals surface area contributed by atoms with Gasteiger partial charge in [-0.05, 0) is 42.7 Å². The summed E-state index contributed by atoms with van der Waals surface area (Å²) in [6, 6.07) is 13.0. The SMILES string of the molecule is O=C(COc1ccc(Br)cc1Cl)NCCCc1ccccc1Cl. The van der Waals surface area contributed by atoms with Crippen molar-refractivity contribution in [2.45, 2.75) is 12.8 Å². The number of carbonyl (C=O) groups is 1. The number of aryl methyl sites for hydroxylation is 1. The van der Waals surface area contributed by atoms with Crippen LogP contribution in [0.2, 0.25) is 10.0 Å². The van der Waals surface area contributed by atoms with Gasteiger partial charge in [-0.15, -0.1) is 0 Å². The van der Waals surface area contributed by atoms with Crippen LogP contribution in [-0.4, -0.2) is 19.1 Å². The molecule has 1 N–H and O–H groups in total. The van der Waals surface area contributed by atoms with Gasteiger partial charge in [-0.2, -0.15) is 0 Å². The summed E-state index contributed by atoms with van der Waals surface area (Å²) in [6.45, 7) is 0.509. The number of carbonyl (C=O) groups excluding carboxylic acids is 1. The molecule has 0 aliphatic carbocycles. The first-order chi connectivity index (χ1) is 11.1. The molecule has 0 atom stereocenters. The Morgan fingerprint density at radius 2 is 1.91 bits per heavy atom. The molecule has 0 unspecified atom stereocenters. The number of hydrogen-bond acceptors (Lipinski definition) is 2. The fraction of sp³-hybridized carbons (Fsp3) is 0.235. The van der Waals surface area contributed by atoms with E-state index in [4.69, 9.17) is 27.9 Å². The lowest BCUT2D eigenvalue weighted by atomic mass is 10.1. The maximum atomic E-state index is 11.8. The van der Waals surface area contributed by atoms with Crippen LogP contribution in [0.15, 0.2) is 46.9 Å². The summed E-state index contributed by atoms with van der Waals surface area (Å²) >= 11 is 15.4. The Labute approximate surface area is 154 Å². The second-order valence-corrected chi connectivity index (χ2v) is 6.64. The van der Waals surface area contributed by atoms with Crippen LogP contribution < -0.4 is 10.1 Å². The highest BCUT2D eigenvalue weighted by molar-refractivity contribution is 9.10. The molecular formula is C17H16BrCl2NO2. The molecule has 0 radical (unpaired) electrons. The number of nitrogens with one attached hydrogen (secondary N) is 1. The first-order valence-electron chi connectivity index (χ1n) is 7.14. The number of halogens is 3. The highest BCUT2D eigenvalue weighted by atomic mass is 79.9. The molecule has 23 heavy (non-hydrogen) atoms. The van der Waals surface area contributed by atoms with Crippen molar-refractivity contribution in [3.05, 3.63) is 62.5 Å². The molecule has 0 aliphatic heterocycles. The van der Waals surface area contributed by atoms with E-state index in [1.165, 1.54) is 0 Å². The monoisotopic (exact) mass is 415 g/mol. The lowest BCUT2D eigenvalue weighted by Crippen LogP contribution is -2.29. The van der Waals surface area contributed by atoms with Gasteiger partial charge in [0.2, 0.25) is 0 Å². The Balaban J connectivity index is 1.68. The molecule has 0 spiro atoms. The number of amides is 1. The highest BCUT2D eigenvalue weighted by Gasteiger charge is 2.06. The Hall–Kier alpha value is -1.23. The van der Waals surface area contributed by atoms with Crippen molar-refractivity contribution in [2.75, 3.05) is 13.2 Å². The summed E-state index contributed by atoms with van der Waals surface area (Å²) in [4.78, 5) is 11.8. The first kappa shape index (κ1) is 18.1. The van der Waals surface area contributed by atoms with Crippen molar-refractivity contribution >= 4 is 45.0 Å². The Morgan fingerprint density at radius 1 is 1.13 bits per heavy atom. The van der Waals surface area contributed by atoms with Crippen molar-refractivity contribution in [3.63, 3.8) is 0 Å². The first-order valence-corrected chi connectivity index (χ1v) is 8.69. The summed E-state index contributed by atoms with van der Waals surface area (Å²) in [5.41, 5.74) is 1.08. The number of benzene rings is 2. The number of ether oxygens (including phenoxy) is 1. The van der Waals surface area contributed by atoms with Crippen molar-refractivity contribution in [1.29, 1.82) is 0 Å². The molecule has 0 bridgehead atoms. The maximum absolute atomic E-state index is 11.8. The second kappa shape index (κ2) is 9.16. The van der Waals surface area contributed by atoms with Gasteiger partial charge < -0.3 is 10.1 Å². The molecule has 0 aliphatic rings. The molecule has 0 heterocycles. The van der Waals surface area contributed by atoms with Crippen LogP contribution in [0.5, 0.6) is 5.75 Å². The third-order valence-electron chi connectivity index (χ3n) is 3.16. The van der Waals surface area contributed by atoms with Gasteiger partial charge in [0.15, 0.2) is 6.61 Å². The zero-order valence-corrected chi connectivity index (χ0v) is 15.4. The summed E-state index contributed by atoms with van der Waals surface area (Å²) < 4.78 is 6.26. The molecule has 3 nitrogen and oxygen atoms in total. The predicted octanol–water partition coefficient (Wildman–Crippen LogP) is 4.88. The summed E-state index contributed by atoms with van der Waals surface area (Å²) in [5, 5.41) is 4.03. The van der Waals surface area contributed by atoms with Gasteiger partial charge in [-0.3, -0.25) is 4.79 Å². The van der Waals surface area contributed by atoms with Gasteiger partial charge in [0, 0.05) is 16.0 Å². The fourth-order valence-electron chi connectivity index (χ4n) is 1.99. The van der Waals surface area contributed by atoms with Crippen molar-refractivity contribution in [2.24, 2.45) is 0 Å². The van der Waals surface area contributed by atoms with Gasteiger partial charge >= 0.3 is 0 Å². The summed E-state index contributed by atoms with van der Waals surface area (Å²) in [7, 11) is 0.